The molecule has 1 aliphatic carbocycles. The molecule has 104 valence electrons. The van der Waals surface area contributed by atoms with Crippen LogP contribution in [0.1, 0.15) is 23.5 Å². The van der Waals surface area contributed by atoms with Crippen molar-refractivity contribution in [3.63, 3.8) is 0 Å². The highest BCUT2D eigenvalue weighted by Crippen LogP contribution is 2.52. The summed E-state index contributed by atoms with van der Waals surface area (Å²) in [6, 6.07) is 16.7. The molecule has 0 aromatic heterocycles. The third-order valence-corrected chi connectivity index (χ3v) is 5.69. The van der Waals surface area contributed by atoms with E-state index in [9.17, 15) is 0 Å². The van der Waals surface area contributed by atoms with Crippen LogP contribution in [0.25, 0.3) is 0 Å². The minimum atomic E-state index is 0.491. The average Bonchev–Trinajstić information content (AvgIpc) is 3.24. The Balaban J connectivity index is 1.63. The molecule has 0 radical (unpaired) electrons. The number of rotatable bonds is 4. The second-order valence-corrected chi connectivity index (χ2v) is 7.38. The van der Waals surface area contributed by atoms with Gasteiger partial charge in [-0.05, 0) is 47.9 Å². The Hall–Kier alpha value is -0.500. The average molecular weight is 370 g/mol. The lowest BCUT2D eigenvalue weighted by Crippen LogP contribution is -2.06. The molecule has 1 saturated carbocycles. The molecule has 3 heteroatoms. The Bertz CT molecular complexity index is 597. The zero-order valence-corrected chi connectivity index (χ0v) is 14.0. The van der Waals surface area contributed by atoms with Gasteiger partial charge in [0.15, 0.2) is 0 Å². The van der Waals surface area contributed by atoms with Crippen LogP contribution in [0.3, 0.4) is 0 Å². The lowest BCUT2D eigenvalue weighted by atomic mass is 10.0. The van der Waals surface area contributed by atoms with Gasteiger partial charge in [-0.1, -0.05) is 75.5 Å². The summed E-state index contributed by atoms with van der Waals surface area (Å²) in [5.41, 5.74) is 2.69. The maximum Gasteiger partial charge on any atom is 0.0595 e. The molecule has 1 fully saturated rings. The highest BCUT2D eigenvalue weighted by molar-refractivity contribution is 9.09. The van der Waals surface area contributed by atoms with Gasteiger partial charge in [0, 0.05) is 4.83 Å². The summed E-state index contributed by atoms with van der Waals surface area (Å²) in [5.74, 6) is 1.41. The summed E-state index contributed by atoms with van der Waals surface area (Å²) in [4.78, 5) is 0.491. The first-order chi connectivity index (χ1) is 9.65. The van der Waals surface area contributed by atoms with E-state index in [1.165, 1.54) is 17.5 Å². The highest BCUT2D eigenvalue weighted by Gasteiger charge is 2.42. The van der Waals surface area contributed by atoms with Crippen molar-refractivity contribution in [1.82, 2.24) is 0 Å². The van der Waals surface area contributed by atoms with Crippen LogP contribution < -0.4 is 0 Å². The van der Waals surface area contributed by atoms with Crippen molar-refractivity contribution >= 4 is 39.1 Å². The van der Waals surface area contributed by atoms with Crippen LogP contribution in [0.2, 0.25) is 10.0 Å². The molecule has 0 bridgehead atoms. The Morgan fingerprint density at radius 2 is 1.80 bits per heavy atom. The summed E-state index contributed by atoms with van der Waals surface area (Å²) >= 11 is 15.9. The molecule has 0 saturated heterocycles. The molecule has 20 heavy (non-hydrogen) atoms. The van der Waals surface area contributed by atoms with Crippen molar-refractivity contribution in [1.29, 1.82) is 0 Å². The second kappa shape index (κ2) is 6.09. The molecule has 3 unspecified atom stereocenters. The largest absolute Gasteiger partial charge is 0.0884 e. The Labute approximate surface area is 138 Å². The first-order valence-electron chi connectivity index (χ1n) is 6.78. The fourth-order valence-electron chi connectivity index (χ4n) is 2.74. The molecule has 2 aromatic carbocycles. The molecule has 3 atom stereocenters. The van der Waals surface area contributed by atoms with Crippen molar-refractivity contribution in [2.75, 3.05) is 0 Å². The molecule has 1 aliphatic rings. The summed E-state index contributed by atoms with van der Waals surface area (Å²) in [5, 5.41) is 1.26. The van der Waals surface area contributed by atoms with Gasteiger partial charge in [-0.2, -0.15) is 0 Å². The van der Waals surface area contributed by atoms with Gasteiger partial charge in [0.1, 0.15) is 0 Å². The van der Waals surface area contributed by atoms with Gasteiger partial charge < -0.3 is 0 Å². The molecule has 2 aromatic rings. The van der Waals surface area contributed by atoms with Crippen LogP contribution >= 0.6 is 39.1 Å². The molecule has 0 spiro atoms. The van der Waals surface area contributed by atoms with E-state index in [2.05, 4.69) is 52.3 Å². The van der Waals surface area contributed by atoms with E-state index in [-0.39, 0.29) is 0 Å². The van der Waals surface area contributed by atoms with Crippen LogP contribution in [0.5, 0.6) is 0 Å². The van der Waals surface area contributed by atoms with Gasteiger partial charge in [0.05, 0.1) is 10.0 Å². The van der Waals surface area contributed by atoms with E-state index in [1.54, 1.807) is 0 Å². The third kappa shape index (κ3) is 3.21. The minimum Gasteiger partial charge on any atom is -0.0884 e. The standard InChI is InChI=1S/C17H15BrCl2/c18-15(8-11-6-7-16(19)17(20)9-11)14-10-13(14)12-4-2-1-3-5-12/h1-7,9,13-15H,8,10H2. The van der Waals surface area contributed by atoms with E-state index in [1.807, 2.05) is 12.1 Å². The third-order valence-electron chi connectivity index (χ3n) is 3.95. The zero-order valence-electron chi connectivity index (χ0n) is 10.9. The van der Waals surface area contributed by atoms with Crippen LogP contribution in [-0.2, 0) is 6.42 Å². The van der Waals surface area contributed by atoms with Gasteiger partial charge in [-0.3, -0.25) is 0 Å². The molecule has 3 rings (SSSR count). The maximum absolute atomic E-state index is 6.07. The summed E-state index contributed by atoms with van der Waals surface area (Å²) in [7, 11) is 0. The van der Waals surface area contributed by atoms with Crippen molar-refractivity contribution in [2.24, 2.45) is 5.92 Å². The van der Waals surface area contributed by atoms with E-state index in [0.717, 1.165) is 6.42 Å². The lowest BCUT2D eigenvalue weighted by molar-refractivity contribution is 0.735. The quantitative estimate of drug-likeness (QED) is 0.571. The van der Waals surface area contributed by atoms with E-state index < -0.39 is 0 Å². The van der Waals surface area contributed by atoms with Crippen molar-refractivity contribution in [3.05, 3.63) is 69.7 Å². The van der Waals surface area contributed by atoms with Gasteiger partial charge in [0.2, 0.25) is 0 Å². The molecule has 0 N–H and O–H groups in total. The molecule has 0 amide bonds. The number of hydrogen-bond donors (Lipinski definition) is 0. The zero-order chi connectivity index (χ0) is 14.1. The Kier molecular flexibility index (Phi) is 4.40. The Morgan fingerprint density at radius 3 is 2.50 bits per heavy atom. The second-order valence-electron chi connectivity index (χ2n) is 5.39. The summed E-state index contributed by atoms with van der Waals surface area (Å²) in [6.45, 7) is 0. The van der Waals surface area contributed by atoms with Crippen molar-refractivity contribution in [3.8, 4) is 0 Å². The number of alkyl halides is 1. The fraction of sp³-hybridized carbons (Fsp3) is 0.294. The van der Waals surface area contributed by atoms with E-state index in [4.69, 9.17) is 23.2 Å². The lowest BCUT2D eigenvalue weighted by Gasteiger charge is -2.10. The monoisotopic (exact) mass is 368 g/mol. The smallest absolute Gasteiger partial charge is 0.0595 e. The number of hydrogen-bond acceptors (Lipinski definition) is 0. The first-order valence-corrected chi connectivity index (χ1v) is 8.45. The van der Waals surface area contributed by atoms with Crippen LogP contribution in [0, 0.1) is 5.92 Å². The molecule has 0 nitrogen and oxygen atoms in total. The van der Waals surface area contributed by atoms with E-state index in [0.29, 0.717) is 26.7 Å². The molecule has 0 heterocycles. The fourth-order valence-corrected chi connectivity index (χ4v) is 4.02. The predicted octanol–water partition coefficient (Wildman–Crippen LogP) is 6.10. The molecular formula is C17H15BrCl2. The van der Waals surface area contributed by atoms with Gasteiger partial charge >= 0.3 is 0 Å². The van der Waals surface area contributed by atoms with Crippen LogP contribution in [-0.4, -0.2) is 4.83 Å². The number of benzene rings is 2. The molecular weight excluding hydrogens is 355 g/mol. The van der Waals surface area contributed by atoms with E-state index >= 15 is 0 Å². The van der Waals surface area contributed by atoms with Crippen molar-refractivity contribution < 1.29 is 0 Å². The highest BCUT2D eigenvalue weighted by atomic mass is 79.9. The summed E-state index contributed by atoms with van der Waals surface area (Å²) in [6.07, 6.45) is 2.26. The Morgan fingerprint density at radius 1 is 1.05 bits per heavy atom. The van der Waals surface area contributed by atoms with Gasteiger partial charge in [0.25, 0.3) is 0 Å². The van der Waals surface area contributed by atoms with Crippen molar-refractivity contribution in [2.45, 2.75) is 23.6 Å². The molecule has 0 aliphatic heterocycles. The van der Waals surface area contributed by atoms with Gasteiger partial charge in [-0.15, -0.1) is 0 Å². The number of halogens is 3. The maximum atomic E-state index is 6.07. The normalized spacial score (nSPS) is 22.6. The van der Waals surface area contributed by atoms with Gasteiger partial charge in [-0.25, -0.2) is 0 Å². The topological polar surface area (TPSA) is 0 Å². The van der Waals surface area contributed by atoms with Crippen LogP contribution in [0.15, 0.2) is 48.5 Å². The SMILES string of the molecule is Clc1ccc(CC(Br)C2CC2c2ccccc2)cc1Cl. The summed E-state index contributed by atoms with van der Waals surface area (Å²) < 4.78 is 0. The van der Waals surface area contributed by atoms with Crippen LogP contribution in [0.4, 0.5) is 0 Å². The first kappa shape index (κ1) is 14.4. The predicted molar refractivity (Wildman–Crippen MR) is 90.2 cm³/mol. The minimum absolute atomic E-state index is 0.491.